The number of nitrogens with one attached hydrogen (secondary N) is 1. The second-order valence-corrected chi connectivity index (χ2v) is 8.43. The number of imide groups is 1. The Labute approximate surface area is 176 Å². The van der Waals surface area contributed by atoms with Crippen LogP contribution in [0.3, 0.4) is 0 Å². The molecule has 1 unspecified atom stereocenters. The Hall–Kier alpha value is -3.26. The number of hydrogen-bond acceptors (Lipinski definition) is 6. The van der Waals surface area contributed by atoms with Crippen molar-refractivity contribution < 1.29 is 19.2 Å². The molecule has 0 saturated carbocycles. The molecule has 3 amide bonds. The van der Waals surface area contributed by atoms with Gasteiger partial charge >= 0.3 is 6.03 Å². The monoisotopic (exact) mass is 419 g/mol. The number of anilines is 1. The minimum Gasteiger partial charge on any atom is -0.318 e. The average molecular weight is 419 g/mol. The molecule has 30 heavy (non-hydrogen) atoms. The highest BCUT2D eigenvalue weighted by Crippen LogP contribution is 2.47. The van der Waals surface area contributed by atoms with Gasteiger partial charge in [-0.3, -0.25) is 19.4 Å². The van der Waals surface area contributed by atoms with Crippen LogP contribution in [-0.4, -0.2) is 39.8 Å². The highest BCUT2D eigenvalue weighted by atomic mass is 32.2. The molecule has 7 nitrogen and oxygen atoms in total. The minimum atomic E-state index is -1.55. The van der Waals surface area contributed by atoms with Crippen molar-refractivity contribution in [3.05, 3.63) is 69.9 Å². The second kappa shape index (κ2) is 6.63. The zero-order valence-corrected chi connectivity index (χ0v) is 16.9. The molecule has 1 aliphatic carbocycles. The first-order valence-corrected chi connectivity index (χ1v) is 10.6. The molecule has 0 radical (unpaired) electrons. The summed E-state index contributed by atoms with van der Waals surface area (Å²) >= 11 is 1.13. The Balaban J connectivity index is 1.56. The van der Waals surface area contributed by atoms with E-state index < -0.39 is 23.3 Å². The van der Waals surface area contributed by atoms with Gasteiger partial charge in [-0.15, -0.1) is 11.8 Å². The van der Waals surface area contributed by atoms with Gasteiger partial charge in [0.2, 0.25) is 11.6 Å². The van der Waals surface area contributed by atoms with Crippen molar-refractivity contribution in [3.63, 3.8) is 0 Å². The molecule has 2 aliphatic heterocycles. The number of fused-ring (bicyclic) bond motifs is 2. The number of carbonyl (C=O) groups excluding carboxylic acids is 4. The number of urea groups is 1. The van der Waals surface area contributed by atoms with Gasteiger partial charge in [-0.05, 0) is 36.2 Å². The molecule has 1 fully saturated rings. The van der Waals surface area contributed by atoms with Crippen molar-refractivity contribution in [2.45, 2.75) is 25.3 Å². The SMILES string of the molecule is CCCc1ccc(N2C(=O)NC3(CSC4=C3C(=O)c3ncccc3C4=O)C2=O)cc1. The molecule has 150 valence electrons. The van der Waals surface area contributed by atoms with Crippen molar-refractivity contribution in [2.75, 3.05) is 10.7 Å². The van der Waals surface area contributed by atoms with Crippen LogP contribution < -0.4 is 10.2 Å². The van der Waals surface area contributed by atoms with Crippen molar-refractivity contribution >= 4 is 41.0 Å². The van der Waals surface area contributed by atoms with Gasteiger partial charge in [0.1, 0.15) is 5.69 Å². The van der Waals surface area contributed by atoms with Crippen LogP contribution in [0.1, 0.15) is 39.8 Å². The van der Waals surface area contributed by atoms with Gasteiger partial charge in [0.25, 0.3) is 5.91 Å². The maximum Gasteiger partial charge on any atom is 0.329 e. The summed E-state index contributed by atoms with van der Waals surface area (Å²) in [5.41, 5.74) is 0.272. The molecule has 2 aromatic rings. The van der Waals surface area contributed by atoms with Crippen molar-refractivity contribution in [2.24, 2.45) is 0 Å². The van der Waals surface area contributed by atoms with Gasteiger partial charge in [0, 0.05) is 11.9 Å². The maximum absolute atomic E-state index is 13.5. The Morgan fingerprint density at radius 3 is 2.60 bits per heavy atom. The van der Waals surface area contributed by atoms with Gasteiger partial charge in [0.05, 0.1) is 21.7 Å². The number of aromatic nitrogens is 1. The zero-order valence-electron chi connectivity index (χ0n) is 16.1. The third kappa shape index (κ3) is 2.43. The van der Waals surface area contributed by atoms with E-state index in [0.29, 0.717) is 5.69 Å². The largest absolute Gasteiger partial charge is 0.329 e. The topological polar surface area (TPSA) is 96.4 Å². The smallest absolute Gasteiger partial charge is 0.318 e. The van der Waals surface area contributed by atoms with Crippen LogP contribution in [0.2, 0.25) is 0 Å². The minimum absolute atomic E-state index is 0.0209. The number of benzene rings is 1. The van der Waals surface area contributed by atoms with E-state index in [9.17, 15) is 19.2 Å². The predicted octanol–water partition coefficient (Wildman–Crippen LogP) is 2.91. The van der Waals surface area contributed by atoms with E-state index in [1.807, 2.05) is 12.1 Å². The summed E-state index contributed by atoms with van der Waals surface area (Å²) < 4.78 is 0. The third-order valence-electron chi connectivity index (χ3n) is 5.61. The van der Waals surface area contributed by atoms with E-state index in [4.69, 9.17) is 0 Å². The third-order valence-corrected chi connectivity index (χ3v) is 6.87. The van der Waals surface area contributed by atoms with Gasteiger partial charge in [-0.25, -0.2) is 9.69 Å². The highest BCUT2D eigenvalue weighted by molar-refractivity contribution is 8.04. The molecule has 8 heteroatoms. The first kappa shape index (κ1) is 18.7. The van der Waals surface area contributed by atoms with E-state index in [0.717, 1.165) is 35.1 Å². The van der Waals surface area contributed by atoms with Crippen molar-refractivity contribution in [1.82, 2.24) is 10.3 Å². The fourth-order valence-corrected chi connectivity index (χ4v) is 5.54. The van der Waals surface area contributed by atoms with E-state index in [1.165, 1.54) is 6.20 Å². The molecular formula is C22H17N3O4S. The lowest BCUT2D eigenvalue weighted by molar-refractivity contribution is -0.120. The van der Waals surface area contributed by atoms with Crippen LogP contribution in [0.4, 0.5) is 10.5 Å². The molecule has 3 heterocycles. The Bertz CT molecular complexity index is 1170. The highest BCUT2D eigenvalue weighted by Gasteiger charge is 2.61. The number of rotatable bonds is 3. The van der Waals surface area contributed by atoms with Gasteiger partial charge in [-0.2, -0.15) is 0 Å². The molecule has 1 spiro atoms. The number of hydrogen-bond donors (Lipinski definition) is 1. The van der Waals surface area contributed by atoms with Crippen LogP contribution in [0.15, 0.2) is 53.1 Å². The summed E-state index contributed by atoms with van der Waals surface area (Å²) in [6, 6.07) is 9.76. The van der Waals surface area contributed by atoms with Gasteiger partial charge in [0.15, 0.2) is 5.54 Å². The van der Waals surface area contributed by atoms with Crippen molar-refractivity contribution in [3.8, 4) is 0 Å². The van der Waals surface area contributed by atoms with Gasteiger partial charge in [-0.1, -0.05) is 25.5 Å². The first-order valence-electron chi connectivity index (χ1n) is 9.65. The molecule has 1 saturated heterocycles. The number of ketones is 2. The zero-order chi connectivity index (χ0) is 21.0. The molecule has 1 aromatic carbocycles. The summed E-state index contributed by atoms with van der Waals surface area (Å²) in [4.78, 5) is 57.8. The van der Waals surface area contributed by atoms with Crippen LogP contribution in [0.25, 0.3) is 0 Å². The number of nitrogens with zero attached hydrogens (tertiary/aromatic N) is 2. The molecule has 3 aliphatic rings. The number of allylic oxidation sites excluding steroid dienone is 1. The molecular weight excluding hydrogens is 402 g/mol. The van der Waals surface area contributed by atoms with Crippen molar-refractivity contribution in [1.29, 1.82) is 0 Å². The molecule has 1 atom stereocenters. The van der Waals surface area contributed by atoms with Crippen LogP contribution in [0.5, 0.6) is 0 Å². The Kier molecular flexibility index (Phi) is 4.14. The maximum atomic E-state index is 13.5. The lowest BCUT2D eigenvalue weighted by Gasteiger charge is -2.25. The molecule has 0 bridgehead atoms. The lowest BCUT2D eigenvalue weighted by atomic mass is 9.81. The standard InChI is InChI=1S/C22H17N3O4S/c1-2-4-12-6-8-13(9-7-12)25-20(28)22(24-21(25)29)11-30-19-15(22)18(27)16-14(17(19)26)5-3-10-23-16/h3,5-10H,2,4,11H2,1H3,(H,24,29). The quantitative estimate of drug-likeness (QED) is 0.769. The second-order valence-electron chi connectivity index (χ2n) is 7.44. The first-order chi connectivity index (χ1) is 14.5. The van der Waals surface area contributed by atoms with E-state index in [1.54, 1.807) is 24.3 Å². The number of Topliss-reactive ketones (excluding diaryl/α,β-unsaturated/α-hetero) is 2. The average Bonchev–Trinajstić information content (AvgIpc) is 3.25. The predicted molar refractivity (Wildman–Crippen MR) is 112 cm³/mol. The number of carbonyl (C=O) groups is 4. The fraction of sp³-hybridized carbons (Fsp3) is 0.227. The van der Waals surface area contributed by atoms with E-state index in [2.05, 4.69) is 17.2 Å². The van der Waals surface area contributed by atoms with Crippen LogP contribution >= 0.6 is 11.8 Å². The summed E-state index contributed by atoms with van der Waals surface area (Å²) in [6.45, 7) is 2.08. The van der Waals surface area contributed by atoms with Crippen LogP contribution in [0, 0.1) is 0 Å². The Morgan fingerprint density at radius 2 is 1.87 bits per heavy atom. The lowest BCUT2D eigenvalue weighted by Crippen LogP contribution is -2.52. The van der Waals surface area contributed by atoms with Gasteiger partial charge < -0.3 is 5.32 Å². The van der Waals surface area contributed by atoms with Crippen LogP contribution in [-0.2, 0) is 11.2 Å². The summed E-state index contributed by atoms with van der Waals surface area (Å²) in [5, 5.41) is 2.71. The Morgan fingerprint density at radius 1 is 1.10 bits per heavy atom. The fourth-order valence-electron chi connectivity index (χ4n) is 4.18. The number of aryl methyl sites for hydroxylation is 1. The normalized spacial score (nSPS) is 22.6. The molecule has 1 aromatic heterocycles. The molecule has 5 rings (SSSR count). The number of thioether (sulfide) groups is 1. The summed E-state index contributed by atoms with van der Waals surface area (Å²) in [5.74, 6) is -1.27. The summed E-state index contributed by atoms with van der Waals surface area (Å²) in [6.07, 6.45) is 3.33. The number of pyridine rings is 1. The van der Waals surface area contributed by atoms with E-state index >= 15 is 0 Å². The number of amides is 3. The summed E-state index contributed by atoms with van der Waals surface area (Å²) in [7, 11) is 0. The molecule has 1 N–H and O–H groups in total. The van der Waals surface area contributed by atoms with E-state index in [-0.39, 0.29) is 33.3 Å².